The third kappa shape index (κ3) is 2.81. The molecule has 0 saturated carbocycles. The number of carbonyl (C=O) groups is 1. The predicted octanol–water partition coefficient (Wildman–Crippen LogP) is 4.17. The average Bonchev–Trinajstić information content (AvgIpc) is 2.85. The zero-order chi connectivity index (χ0) is 14.7. The minimum absolute atomic E-state index is 0.553. The molecule has 4 heteroatoms. The summed E-state index contributed by atoms with van der Waals surface area (Å²) in [6.45, 7) is 0.609. The molecule has 3 rings (SSSR count). The third-order valence-corrected chi connectivity index (χ3v) is 3.87. The number of benzene rings is 2. The van der Waals surface area contributed by atoms with Crippen LogP contribution in [0.4, 0.5) is 0 Å². The second-order valence-electron chi connectivity index (χ2n) is 4.67. The second-order valence-corrected chi connectivity index (χ2v) is 5.42. The SMILES string of the molecule is O=Cc1c(Br)nc(-c2ccccc2)n1Cc1ccccc1. The van der Waals surface area contributed by atoms with Crippen molar-refractivity contribution < 1.29 is 4.79 Å². The van der Waals surface area contributed by atoms with E-state index in [1.54, 1.807) is 0 Å². The van der Waals surface area contributed by atoms with Crippen LogP contribution in [0, 0.1) is 0 Å². The Morgan fingerprint density at radius 2 is 1.62 bits per heavy atom. The van der Waals surface area contributed by atoms with E-state index in [2.05, 4.69) is 20.9 Å². The lowest BCUT2D eigenvalue weighted by molar-refractivity contribution is 0.111. The van der Waals surface area contributed by atoms with Crippen molar-refractivity contribution in [1.82, 2.24) is 9.55 Å². The Balaban J connectivity index is 2.11. The van der Waals surface area contributed by atoms with Gasteiger partial charge in [-0.3, -0.25) is 4.79 Å². The van der Waals surface area contributed by atoms with Crippen LogP contribution < -0.4 is 0 Å². The highest BCUT2D eigenvalue weighted by Crippen LogP contribution is 2.25. The molecule has 0 fully saturated rings. The van der Waals surface area contributed by atoms with Crippen LogP contribution in [0.3, 0.4) is 0 Å². The number of aromatic nitrogens is 2. The first-order valence-corrected chi connectivity index (χ1v) is 7.39. The maximum absolute atomic E-state index is 11.4. The summed E-state index contributed by atoms with van der Waals surface area (Å²) in [5, 5.41) is 0. The van der Waals surface area contributed by atoms with Crippen LogP contribution in [0.25, 0.3) is 11.4 Å². The first-order chi connectivity index (χ1) is 10.3. The molecule has 104 valence electrons. The summed E-state index contributed by atoms with van der Waals surface area (Å²) in [6.07, 6.45) is 0.840. The number of hydrogen-bond donors (Lipinski definition) is 0. The van der Waals surface area contributed by atoms with Crippen molar-refractivity contribution in [1.29, 1.82) is 0 Å². The van der Waals surface area contributed by atoms with Gasteiger partial charge in [-0.1, -0.05) is 60.7 Å². The van der Waals surface area contributed by atoms with Crippen LogP contribution in [-0.4, -0.2) is 15.8 Å². The number of carbonyl (C=O) groups excluding carboxylic acids is 1. The zero-order valence-electron chi connectivity index (χ0n) is 11.2. The third-order valence-electron chi connectivity index (χ3n) is 3.29. The molecule has 0 aliphatic carbocycles. The molecule has 3 aromatic rings. The fraction of sp³-hybridized carbons (Fsp3) is 0.0588. The number of nitrogens with zero attached hydrogens (tertiary/aromatic N) is 2. The summed E-state index contributed by atoms with van der Waals surface area (Å²) < 4.78 is 2.51. The van der Waals surface area contributed by atoms with E-state index in [0.717, 1.165) is 23.2 Å². The van der Waals surface area contributed by atoms with Crippen molar-refractivity contribution >= 4 is 22.2 Å². The van der Waals surface area contributed by atoms with Gasteiger partial charge in [-0.25, -0.2) is 4.98 Å². The molecule has 0 aliphatic heterocycles. The van der Waals surface area contributed by atoms with E-state index in [9.17, 15) is 4.79 Å². The van der Waals surface area contributed by atoms with E-state index >= 15 is 0 Å². The first kappa shape index (κ1) is 13.8. The second kappa shape index (κ2) is 6.06. The van der Waals surface area contributed by atoms with E-state index in [4.69, 9.17) is 0 Å². The molecule has 0 radical (unpaired) electrons. The Kier molecular flexibility index (Phi) is 3.97. The average molecular weight is 341 g/mol. The molecule has 2 aromatic carbocycles. The summed E-state index contributed by atoms with van der Waals surface area (Å²) in [4.78, 5) is 15.9. The number of hydrogen-bond acceptors (Lipinski definition) is 2. The summed E-state index contributed by atoms with van der Waals surface area (Å²) in [6, 6.07) is 19.9. The van der Waals surface area contributed by atoms with Crippen molar-refractivity contribution in [2.75, 3.05) is 0 Å². The molecule has 0 N–H and O–H groups in total. The largest absolute Gasteiger partial charge is 0.316 e. The highest BCUT2D eigenvalue weighted by atomic mass is 79.9. The normalized spacial score (nSPS) is 10.5. The van der Waals surface area contributed by atoms with Crippen LogP contribution in [0.1, 0.15) is 16.1 Å². The van der Waals surface area contributed by atoms with E-state index in [0.29, 0.717) is 16.8 Å². The minimum atomic E-state index is 0.553. The van der Waals surface area contributed by atoms with E-state index in [1.165, 1.54) is 0 Å². The van der Waals surface area contributed by atoms with E-state index in [-0.39, 0.29) is 0 Å². The van der Waals surface area contributed by atoms with Gasteiger partial charge in [0.1, 0.15) is 16.1 Å². The number of aldehydes is 1. The van der Waals surface area contributed by atoms with Gasteiger partial charge in [-0.05, 0) is 21.5 Å². The molecule has 1 aromatic heterocycles. The Morgan fingerprint density at radius 3 is 2.24 bits per heavy atom. The monoisotopic (exact) mass is 340 g/mol. The molecule has 1 heterocycles. The van der Waals surface area contributed by atoms with Gasteiger partial charge >= 0.3 is 0 Å². The predicted molar refractivity (Wildman–Crippen MR) is 86.3 cm³/mol. The standard InChI is InChI=1S/C17H13BrN2O/c18-16-15(12-21)20(11-13-7-3-1-4-8-13)17(19-16)14-9-5-2-6-10-14/h1-10,12H,11H2. The lowest BCUT2D eigenvalue weighted by atomic mass is 10.2. The molecule has 0 bridgehead atoms. The van der Waals surface area contributed by atoms with Crippen LogP contribution >= 0.6 is 15.9 Å². The summed E-state index contributed by atoms with van der Waals surface area (Å²) in [5.41, 5.74) is 2.67. The van der Waals surface area contributed by atoms with Gasteiger partial charge in [0.25, 0.3) is 0 Å². The quantitative estimate of drug-likeness (QED) is 0.668. The van der Waals surface area contributed by atoms with E-state index in [1.807, 2.05) is 65.2 Å². The van der Waals surface area contributed by atoms with Crippen LogP contribution in [0.15, 0.2) is 65.3 Å². The van der Waals surface area contributed by atoms with Crippen molar-refractivity contribution in [3.8, 4) is 11.4 Å². The number of imidazole rings is 1. The molecular weight excluding hydrogens is 328 g/mol. The van der Waals surface area contributed by atoms with Gasteiger partial charge in [-0.15, -0.1) is 0 Å². The fourth-order valence-corrected chi connectivity index (χ4v) is 2.76. The first-order valence-electron chi connectivity index (χ1n) is 6.60. The molecule has 0 aliphatic rings. The summed E-state index contributed by atoms with van der Waals surface area (Å²) in [5.74, 6) is 0.786. The Labute approximate surface area is 131 Å². The molecule has 0 saturated heterocycles. The summed E-state index contributed by atoms with van der Waals surface area (Å²) in [7, 11) is 0. The highest BCUT2D eigenvalue weighted by molar-refractivity contribution is 9.10. The Morgan fingerprint density at radius 1 is 1.00 bits per heavy atom. The molecular formula is C17H13BrN2O. The molecule has 0 unspecified atom stereocenters. The molecule has 0 atom stereocenters. The van der Waals surface area contributed by atoms with Gasteiger partial charge in [-0.2, -0.15) is 0 Å². The lowest BCUT2D eigenvalue weighted by Crippen LogP contribution is -2.06. The number of rotatable bonds is 4. The zero-order valence-corrected chi connectivity index (χ0v) is 12.8. The van der Waals surface area contributed by atoms with Crippen molar-refractivity contribution in [3.63, 3.8) is 0 Å². The fourth-order valence-electron chi connectivity index (χ4n) is 2.28. The van der Waals surface area contributed by atoms with Gasteiger partial charge < -0.3 is 4.57 Å². The molecule has 0 amide bonds. The molecule has 0 spiro atoms. The maximum Gasteiger partial charge on any atom is 0.169 e. The van der Waals surface area contributed by atoms with Crippen molar-refractivity contribution in [3.05, 3.63) is 76.5 Å². The van der Waals surface area contributed by atoms with Crippen LogP contribution in [0.5, 0.6) is 0 Å². The minimum Gasteiger partial charge on any atom is -0.316 e. The molecule has 21 heavy (non-hydrogen) atoms. The van der Waals surface area contributed by atoms with Crippen LogP contribution in [0.2, 0.25) is 0 Å². The Bertz CT molecular complexity index is 751. The van der Waals surface area contributed by atoms with Gasteiger partial charge in [0.15, 0.2) is 6.29 Å². The molecule has 3 nitrogen and oxygen atoms in total. The number of halogens is 1. The Hall–Kier alpha value is -2.20. The topological polar surface area (TPSA) is 34.9 Å². The van der Waals surface area contributed by atoms with Gasteiger partial charge in [0.2, 0.25) is 0 Å². The lowest BCUT2D eigenvalue weighted by Gasteiger charge is -2.09. The van der Waals surface area contributed by atoms with Crippen LogP contribution in [-0.2, 0) is 6.54 Å². The van der Waals surface area contributed by atoms with Gasteiger partial charge in [0, 0.05) is 12.1 Å². The van der Waals surface area contributed by atoms with Crippen molar-refractivity contribution in [2.45, 2.75) is 6.54 Å². The highest BCUT2D eigenvalue weighted by Gasteiger charge is 2.16. The maximum atomic E-state index is 11.4. The van der Waals surface area contributed by atoms with E-state index < -0.39 is 0 Å². The van der Waals surface area contributed by atoms with Crippen molar-refractivity contribution in [2.24, 2.45) is 0 Å². The smallest absolute Gasteiger partial charge is 0.169 e. The summed E-state index contributed by atoms with van der Waals surface area (Å²) >= 11 is 3.38. The van der Waals surface area contributed by atoms with Gasteiger partial charge in [0.05, 0.1) is 0 Å².